The van der Waals surface area contributed by atoms with E-state index in [1.54, 1.807) is 20.7 Å². The van der Waals surface area contributed by atoms with Gasteiger partial charge in [-0.05, 0) is 42.5 Å². The number of rotatable bonds is 10. The van der Waals surface area contributed by atoms with Crippen molar-refractivity contribution in [2.75, 3.05) is 52.4 Å². The van der Waals surface area contributed by atoms with E-state index < -0.39 is 0 Å². The Morgan fingerprint density at radius 3 is 1.67 bits per heavy atom. The second-order valence-corrected chi connectivity index (χ2v) is 13.4. The molecule has 0 aliphatic carbocycles. The van der Waals surface area contributed by atoms with Crippen LogP contribution in [0.15, 0.2) is 12.1 Å². The summed E-state index contributed by atoms with van der Waals surface area (Å²) in [4.78, 5) is 34.5. The van der Waals surface area contributed by atoms with Gasteiger partial charge >= 0.3 is 0 Å². The number of amides is 2. The number of carbonyl (C=O) groups excluding carboxylic acids is 2. The van der Waals surface area contributed by atoms with Crippen molar-refractivity contribution < 1.29 is 14.7 Å². The molecular formula is C29H42N4O3S3. The molecule has 2 saturated heterocycles. The predicted octanol–water partition coefficient (Wildman–Crippen LogP) is 5.36. The minimum atomic E-state index is 0.242. The molecule has 10 heteroatoms. The summed E-state index contributed by atoms with van der Waals surface area (Å²) in [6, 6.07) is 4.28. The number of phenolic OH excluding ortho intramolecular Hbond substituents is 1. The SMILES string of the molecule is CCCC(=O)N1CCN(Cc2cc(-c3ssc(=S)c3CC)cc(CN3CCN(C(=O)CCC)CC3)c2O)CC1. The minimum absolute atomic E-state index is 0.242. The Morgan fingerprint density at radius 1 is 0.795 bits per heavy atom. The van der Waals surface area contributed by atoms with E-state index in [0.29, 0.717) is 31.7 Å². The first-order valence-corrected chi connectivity index (χ1v) is 16.9. The van der Waals surface area contributed by atoms with Crippen molar-refractivity contribution in [2.24, 2.45) is 0 Å². The maximum Gasteiger partial charge on any atom is 0.222 e. The highest BCUT2D eigenvalue weighted by molar-refractivity contribution is 7.80. The van der Waals surface area contributed by atoms with Gasteiger partial charge in [-0.2, -0.15) is 0 Å². The van der Waals surface area contributed by atoms with Crippen LogP contribution in [0.25, 0.3) is 10.4 Å². The number of piperazine rings is 2. The minimum Gasteiger partial charge on any atom is -0.507 e. The first kappa shape index (κ1) is 30.1. The number of benzene rings is 1. The molecule has 1 aromatic carbocycles. The molecule has 4 rings (SSSR count). The quantitative estimate of drug-likeness (QED) is 0.297. The molecule has 0 saturated carbocycles. The molecular weight excluding hydrogens is 549 g/mol. The van der Waals surface area contributed by atoms with Gasteiger partial charge in [0.05, 0.1) is 4.88 Å². The predicted molar refractivity (Wildman–Crippen MR) is 163 cm³/mol. The lowest BCUT2D eigenvalue weighted by Crippen LogP contribution is -2.48. The van der Waals surface area contributed by atoms with Crippen LogP contribution in [0.1, 0.15) is 63.1 Å². The Labute approximate surface area is 245 Å². The molecule has 39 heavy (non-hydrogen) atoms. The van der Waals surface area contributed by atoms with Crippen LogP contribution in [-0.2, 0) is 29.1 Å². The van der Waals surface area contributed by atoms with Crippen molar-refractivity contribution >= 4 is 44.7 Å². The van der Waals surface area contributed by atoms with Crippen LogP contribution in [0.2, 0.25) is 0 Å². The van der Waals surface area contributed by atoms with Gasteiger partial charge in [0.15, 0.2) is 0 Å². The van der Waals surface area contributed by atoms with Gasteiger partial charge in [-0.3, -0.25) is 19.4 Å². The van der Waals surface area contributed by atoms with Crippen LogP contribution < -0.4 is 0 Å². The van der Waals surface area contributed by atoms with Crippen LogP contribution in [0, 0.1) is 3.82 Å². The third kappa shape index (κ3) is 7.47. The van der Waals surface area contributed by atoms with E-state index in [1.807, 2.05) is 23.6 Å². The highest BCUT2D eigenvalue weighted by Gasteiger charge is 2.25. The summed E-state index contributed by atoms with van der Waals surface area (Å²) >= 11 is 5.63. The van der Waals surface area contributed by atoms with E-state index in [1.165, 1.54) is 10.4 Å². The summed E-state index contributed by atoms with van der Waals surface area (Å²) < 4.78 is 0.953. The van der Waals surface area contributed by atoms with Gasteiger partial charge in [0.2, 0.25) is 11.8 Å². The summed E-state index contributed by atoms with van der Waals surface area (Å²) in [5.41, 5.74) is 4.20. The fraction of sp³-hybridized carbons (Fsp3) is 0.621. The maximum atomic E-state index is 12.3. The van der Waals surface area contributed by atoms with Crippen molar-refractivity contribution in [1.82, 2.24) is 19.6 Å². The highest BCUT2D eigenvalue weighted by atomic mass is 32.9. The zero-order valence-corrected chi connectivity index (χ0v) is 26.0. The van der Waals surface area contributed by atoms with Crippen LogP contribution in [0.3, 0.4) is 0 Å². The van der Waals surface area contributed by atoms with Gasteiger partial charge in [-0.25, -0.2) is 0 Å². The fourth-order valence-corrected chi connectivity index (χ4v) is 8.59. The fourth-order valence-electron chi connectivity index (χ4n) is 5.47. The molecule has 214 valence electrons. The Balaban J connectivity index is 1.54. The second-order valence-electron chi connectivity index (χ2n) is 10.6. The van der Waals surface area contributed by atoms with E-state index >= 15 is 0 Å². The van der Waals surface area contributed by atoms with E-state index in [9.17, 15) is 14.7 Å². The zero-order chi connectivity index (χ0) is 27.9. The number of aromatic hydroxyl groups is 1. The molecule has 2 aliphatic heterocycles. The maximum absolute atomic E-state index is 12.3. The Bertz CT molecular complexity index is 1130. The van der Waals surface area contributed by atoms with Crippen molar-refractivity contribution in [1.29, 1.82) is 0 Å². The van der Waals surface area contributed by atoms with Crippen LogP contribution in [0.4, 0.5) is 0 Å². The molecule has 2 amide bonds. The highest BCUT2D eigenvalue weighted by Crippen LogP contribution is 2.39. The van der Waals surface area contributed by atoms with E-state index in [0.717, 1.165) is 92.1 Å². The standard InChI is InChI=1S/C29H42N4O3S3/c1-4-7-25(34)32-13-9-30(10-14-32)19-22-17-21(28-24(6-3)29(37)39-38-28)18-23(27(22)36)20-31-11-15-33(16-12-31)26(35)8-5-2/h17-18,36H,4-16,19-20H2,1-3H3. The van der Waals surface area contributed by atoms with Crippen LogP contribution >= 0.6 is 32.9 Å². The Hall–Kier alpha value is -1.85. The molecule has 0 spiro atoms. The summed E-state index contributed by atoms with van der Waals surface area (Å²) in [6.07, 6.45) is 3.87. The average molecular weight is 591 g/mol. The number of carbonyl (C=O) groups is 2. The lowest BCUT2D eigenvalue weighted by molar-refractivity contribution is -0.133. The number of hydrogen-bond donors (Lipinski definition) is 1. The monoisotopic (exact) mass is 590 g/mol. The van der Waals surface area contributed by atoms with Crippen LogP contribution in [0.5, 0.6) is 5.75 Å². The van der Waals surface area contributed by atoms with Crippen LogP contribution in [-0.4, -0.2) is 88.9 Å². The van der Waals surface area contributed by atoms with Crippen molar-refractivity contribution in [3.8, 4) is 16.2 Å². The summed E-state index contributed by atoms with van der Waals surface area (Å²) in [7, 11) is 3.38. The molecule has 0 unspecified atom stereocenters. The zero-order valence-electron chi connectivity index (χ0n) is 23.5. The number of hydrogen-bond acceptors (Lipinski definition) is 8. The average Bonchev–Trinajstić information content (AvgIpc) is 3.32. The summed E-state index contributed by atoms with van der Waals surface area (Å²) in [5.74, 6) is 0.850. The lowest BCUT2D eigenvalue weighted by atomic mass is 9.99. The smallest absolute Gasteiger partial charge is 0.222 e. The van der Waals surface area contributed by atoms with Gasteiger partial charge in [-0.1, -0.05) is 53.7 Å². The Kier molecular flexibility index (Phi) is 10.9. The number of phenols is 1. The lowest BCUT2D eigenvalue weighted by Gasteiger charge is -2.36. The molecule has 1 aromatic heterocycles. The largest absolute Gasteiger partial charge is 0.507 e. The molecule has 7 nitrogen and oxygen atoms in total. The van der Waals surface area contributed by atoms with Crippen molar-refractivity contribution in [3.63, 3.8) is 0 Å². The molecule has 2 aromatic rings. The molecule has 1 N–H and O–H groups in total. The second kappa shape index (κ2) is 14.2. The third-order valence-corrected chi connectivity index (χ3v) is 11.0. The first-order chi connectivity index (χ1) is 18.8. The summed E-state index contributed by atoms with van der Waals surface area (Å²) in [6.45, 7) is 13.7. The Morgan fingerprint density at radius 2 is 1.26 bits per heavy atom. The molecule has 0 radical (unpaired) electrons. The van der Waals surface area contributed by atoms with Gasteiger partial charge < -0.3 is 14.9 Å². The third-order valence-electron chi connectivity index (χ3n) is 7.77. The van der Waals surface area contributed by atoms with E-state index in [2.05, 4.69) is 28.9 Å². The molecule has 2 aliphatic rings. The van der Waals surface area contributed by atoms with Gasteiger partial charge in [0.25, 0.3) is 0 Å². The molecule has 3 heterocycles. The van der Waals surface area contributed by atoms with Crippen molar-refractivity contribution in [2.45, 2.75) is 66.0 Å². The van der Waals surface area contributed by atoms with Crippen molar-refractivity contribution in [3.05, 3.63) is 32.6 Å². The summed E-state index contributed by atoms with van der Waals surface area (Å²) in [5, 5.41) is 11.5. The van der Waals surface area contributed by atoms with E-state index in [-0.39, 0.29) is 11.8 Å². The molecule has 0 bridgehead atoms. The normalized spacial score (nSPS) is 17.1. The molecule has 2 fully saturated rings. The van der Waals surface area contributed by atoms with Gasteiger partial charge in [0, 0.05) is 89.4 Å². The first-order valence-electron chi connectivity index (χ1n) is 14.3. The van der Waals surface area contributed by atoms with Gasteiger partial charge in [-0.15, -0.1) is 0 Å². The molecule has 0 atom stereocenters. The number of nitrogens with zero attached hydrogens (tertiary/aromatic N) is 4. The topological polar surface area (TPSA) is 67.3 Å². The van der Waals surface area contributed by atoms with E-state index in [4.69, 9.17) is 12.2 Å². The van der Waals surface area contributed by atoms with Gasteiger partial charge in [0.1, 0.15) is 9.57 Å².